The van der Waals surface area contributed by atoms with Gasteiger partial charge in [-0.15, -0.1) is 10.2 Å². The number of rotatable bonds is 3. The lowest BCUT2D eigenvalue weighted by atomic mass is 10.1. The van der Waals surface area contributed by atoms with Crippen molar-refractivity contribution in [3.05, 3.63) is 47.8 Å². The van der Waals surface area contributed by atoms with Crippen LogP contribution in [0.1, 0.15) is 29.8 Å². The average Bonchev–Trinajstić information content (AvgIpc) is 3.19. The zero-order valence-electron chi connectivity index (χ0n) is 12.4. The van der Waals surface area contributed by atoms with E-state index in [-0.39, 0.29) is 12.1 Å². The van der Waals surface area contributed by atoms with Crippen LogP contribution in [0.25, 0.3) is 10.9 Å². The van der Waals surface area contributed by atoms with Gasteiger partial charge in [0.25, 0.3) is 0 Å². The van der Waals surface area contributed by atoms with Crippen LogP contribution in [0.2, 0.25) is 0 Å². The van der Waals surface area contributed by atoms with Crippen molar-refractivity contribution in [1.82, 2.24) is 20.1 Å². The molecule has 2 aromatic heterocycles. The fraction of sp³-hybridized carbons (Fsp3) is 0.375. The highest BCUT2D eigenvalue weighted by molar-refractivity contribution is 5.82. The Balaban J connectivity index is 1.64. The van der Waals surface area contributed by atoms with Gasteiger partial charge in [-0.2, -0.15) is 0 Å². The summed E-state index contributed by atoms with van der Waals surface area (Å²) in [5.41, 5.74) is 2.36. The molecule has 2 atom stereocenters. The summed E-state index contributed by atoms with van der Waals surface area (Å²) in [6, 6.07) is 8.30. The van der Waals surface area contributed by atoms with Gasteiger partial charge in [0, 0.05) is 37.1 Å². The maximum atomic E-state index is 10.1. The lowest BCUT2D eigenvalue weighted by molar-refractivity contribution is 0.171. The fourth-order valence-electron chi connectivity index (χ4n) is 3.26. The first-order chi connectivity index (χ1) is 10.7. The second-order valence-electron chi connectivity index (χ2n) is 5.85. The highest BCUT2D eigenvalue weighted by atomic mass is 16.4. The smallest absolute Gasteiger partial charge is 0.233 e. The van der Waals surface area contributed by atoms with Gasteiger partial charge in [0.15, 0.2) is 0 Å². The summed E-state index contributed by atoms with van der Waals surface area (Å²) < 4.78 is 5.58. The van der Waals surface area contributed by atoms with Gasteiger partial charge in [0.2, 0.25) is 11.8 Å². The summed E-state index contributed by atoms with van der Waals surface area (Å²) in [6.07, 6.45) is 2.22. The van der Waals surface area contributed by atoms with E-state index in [4.69, 9.17) is 4.42 Å². The van der Waals surface area contributed by atoms with Gasteiger partial charge >= 0.3 is 0 Å². The summed E-state index contributed by atoms with van der Waals surface area (Å²) in [6.45, 7) is 3.15. The Hall–Kier alpha value is -2.18. The van der Waals surface area contributed by atoms with Gasteiger partial charge in [0.05, 0.1) is 12.1 Å². The van der Waals surface area contributed by atoms with Crippen molar-refractivity contribution in [3.8, 4) is 0 Å². The van der Waals surface area contributed by atoms with E-state index in [0.717, 1.165) is 12.1 Å². The Bertz CT molecular complexity index is 794. The second-order valence-corrected chi connectivity index (χ2v) is 5.85. The van der Waals surface area contributed by atoms with Crippen molar-refractivity contribution in [3.63, 3.8) is 0 Å². The van der Waals surface area contributed by atoms with Crippen molar-refractivity contribution < 1.29 is 9.52 Å². The number of aliphatic hydroxyl groups is 1. The number of nitrogens with zero attached hydrogens (tertiary/aromatic N) is 3. The molecule has 6 heteroatoms. The minimum Gasteiger partial charge on any atom is -0.424 e. The molecule has 0 spiro atoms. The molecule has 0 amide bonds. The number of likely N-dealkylation sites (tertiary alicyclic amines) is 1. The van der Waals surface area contributed by atoms with Crippen LogP contribution in [0.3, 0.4) is 0 Å². The number of aliphatic hydroxyl groups excluding tert-OH is 1. The van der Waals surface area contributed by atoms with E-state index in [1.807, 2.05) is 12.3 Å². The molecule has 0 bridgehead atoms. The van der Waals surface area contributed by atoms with E-state index in [1.54, 1.807) is 6.92 Å². The highest BCUT2D eigenvalue weighted by Gasteiger charge is 2.35. The average molecular weight is 298 g/mol. The number of benzene rings is 1. The molecule has 3 aromatic rings. The number of β-amino-alcohol motifs (C(OH)–C–C–N with tert-alkyl or cyclic N) is 1. The van der Waals surface area contributed by atoms with Crippen LogP contribution in [0.5, 0.6) is 0 Å². The molecule has 0 unspecified atom stereocenters. The Morgan fingerprint density at radius 3 is 3.09 bits per heavy atom. The normalized spacial score (nSPS) is 22.6. The minimum atomic E-state index is -0.359. The van der Waals surface area contributed by atoms with Gasteiger partial charge in [-0.25, -0.2) is 0 Å². The van der Waals surface area contributed by atoms with Crippen LogP contribution >= 0.6 is 0 Å². The second kappa shape index (κ2) is 5.23. The van der Waals surface area contributed by atoms with Gasteiger partial charge in [0.1, 0.15) is 0 Å². The predicted molar refractivity (Wildman–Crippen MR) is 81.1 cm³/mol. The van der Waals surface area contributed by atoms with Crippen LogP contribution < -0.4 is 0 Å². The van der Waals surface area contributed by atoms with Crippen molar-refractivity contribution in [2.45, 2.75) is 32.0 Å². The number of aromatic amines is 1. The molecule has 4 rings (SSSR count). The zero-order valence-corrected chi connectivity index (χ0v) is 12.4. The summed E-state index contributed by atoms with van der Waals surface area (Å²) in [5, 5.41) is 19.3. The van der Waals surface area contributed by atoms with Gasteiger partial charge < -0.3 is 14.5 Å². The molecule has 0 radical (unpaired) electrons. The van der Waals surface area contributed by atoms with Crippen LogP contribution in [0, 0.1) is 6.92 Å². The molecular formula is C16H18N4O2. The SMILES string of the molecule is Cc1nnc([C@H]2C[C@@H](O)CN2Cc2cccc3[nH]ccc23)o1. The molecule has 1 fully saturated rings. The summed E-state index contributed by atoms with van der Waals surface area (Å²) >= 11 is 0. The fourth-order valence-corrected chi connectivity index (χ4v) is 3.26. The number of H-pyrrole nitrogens is 1. The monoisotopic (exact) mass is 298 g/mol. The summed E-state index contributed by atoms with van der Waals surface area (Å²) in [4.78, 5) is 5.44. The summed E-state index contributed by atoms with van der Waals surface area (Å²) in [5.74, 6) is 1.15. The third-order valence-corrected chi connectivity index (χ3v) is 4.27. The lowest BCUT2D eigenvalue weighted by Gasteiger charge is -2.21. The zero-order chi connectivity index (χ0) is 15.1. The van der Waals surface area contributed by atoms with Crippen LogP contribution in [0.4, 0.5) is 0 Å². The Labute approximate surface area is 127 Å². The van der Waals surface area contributed by atoms with E-state index in [1.165, 1.54) is 10.9 Å². The minimum absolute atomic E-state index is 0.0228. The van der Waals surface area contributed by atoms with Crippen LogP contribution in [-0.2, 0) is 6.54 Å². The molecule has 1 aliphatic heterocycles. The molecule has 6 nitrogen and oxygen atoms in total. The van der Waals surface area contributed by atoms with Gasteiger partial charge in [-0.05, 0) is 24.1 Å². The molecular weight excluding hydrogens is 280 g/mol. The molecule has 3 heterocycles. The van der Waals surface area contributed by atoms with Gasteiger partial charge in [-0.1, -0.05) is 12.1 Å². The van der Waals surface area contributed by atoms with E-state index in [2.05, 4.69) is 38.3 Å². The number of aryl methyl sites for hydroxylation is 1. The summed E-state index contributed by atoms with van der Waals surface area (Å²) in [7, 11) is 0. The number of hydrogen-bond donors (Lipinski definition) is 2. The number of aromatic nitrogens is 3. The first-order valence-electron chi connectivity index (χ1n) is 7.48. The lowest BCUT2D eigenvalue weighted by Crippen LogP contribution is -2.24. The standard InChI is InChI=1S/C16H18N4O2/c1-10-18-19-16(22-10)15-7-12(21)9-20(15)8-11-3-2-4-14-13(11)5-6-17-14/h2-6,12,15,17,21H,7-9H2,1H3/t12-,15-/m1/s1. The Kier molecular flexibility index (Phi) is 3.20. The molecule has 2 N–H and O–H groups in total. The van der Waals surface area contributed by atoms with Crippen molar-refractivity contribution in [1.29, 1.82) is 0 Å². The molecule has 0 saturated carbocycles. The van der Waals surface area contributed by atoms with Crippen molar-refractivity contribution >= 4 is 10.9 Å². The first kappa shape index (κ1) is 13.5. The van der Waals surface area contributed by atoms with Crippen LogP contribution in [-0.4, -0.2) is 37.8 Å². The maximum absolute atomic E-state index is 10.1. The van der Waals surface area contributed by atoms with Crippen molar-refractivity contribution in [2.75, 3.05) is 6.54 Å². The van der Waals surface area contributed by atoms with E-state index in [9.17, 15) is 5.11 Å². The third kappa shape index (κ3) is 2.30. The molecule has 1 aromatic carbocycles. The van der Waals surface area contributed by atoms with Crippen molar-refractivity contribution in [2.24, 2.45) is 0 Å². The predicted octanol–water partition coefficient (Wildman–Crippen LogP) is 2.17. The largest absolute Gasteiger partial charge is 0.424 e. The molecule has 0 aliphatic carbocycles. The quantitative estimate of drug-likeness (QED) is 0.775. The first-order valence-corrected chi connectivity index (χ1v) is 7.48. The molecule has 1 saturated heterocycles. The Morgan fingerprint density at radius 2 is 2.27 bits per heavy atom. The maximum Gasteiger partial charge on any atom is 0.233 e. The Morgan fingerprint density at radius 1 is 1.36 bits per heavy atom. The van der Waals surface area contributed by atoms with Crippen LogP contribution in [0.15, 0.2) is 34.9 Å². The molecule has 114 valence electrons. The third-order valence-electron chi connectivity index (χ3n) is 4.27. The highest BCUT2D eigenvalue weighted by Crippen LogP contribution is 2.33. The topological polar surface area (TPSA) is 78.2 Å². The van der Waals surface area contributed by atoms with Gasteiger partial charge in [-0.3, -0.25) is 4.90 Å². The molecule has 1 aliphatic rings. The van der Waals surface area contributed by atoms with E-state index in [0.29, 0.717) is 24.7 Å². The molecule has 22 heavy (non-hydrogen) atoms. The number of nitrogens with one attached hydrogen (secondary N) is 1. The van der Waals surface area contributed by atoms with E-state index >= 15 is 0 Å². The number of fused-ring (bicyclic) bond motifs is 1. The van der Waals surface area contributed by atoms with E-state index < -0.39 is 0 Å². The number of hydrogen-bond acceptors (Lipinski definition) is 5.